The molecule has 4 N–H and O–H groups in total. The maximum atomic E-state index is 12.7. The molecule has 2 unspecified atom stereocenters. The van der Waals surface area contributed by atoms with Gasteiger partial charge >= 0.3 is 7.12 Å². The molecular weight excluding hydrogens is 343 g/mol. The number of unbranched alkanes of at least 4 members (excludes halogenated alkanes) is 1. The van der Waals surface area contributed by atoms with Gasteiger partial charge in [0.2, 0.25) is 11.8 Å². The molecule has 1 aromatic rings. The summed E-state index contributed by atoms with van der Waals surface area (Å²) in [5.41, 5.74) is 0.895. The lowest BCUT2D eigenvalue weighted by Crippen LogP contribution is -2.55. The van der Waals surface area contributed by atoms with Crippen LogP contribution in [0.3, 0.4) is 0 Å². The molecule has 0 aliphatic rings. The smallest absolute Gasteiger partial charge is 0.426 e. The van der Waals surface area contributed by atoms with E-state index in [-0.39, 0.29) is 18.2 Å². The number of carbonyl (C=O) groups excluding carboxylic acids is 2. The lowest BCUT2D eigenvalue weighted by atomic mass is 9.75. The van der Waals surface area contributed by atoms with Gasteiger partial charge in [0.25, 0.3) is 0 Å². The maximum absolute atomic E-state index is 12.7. The second kappa shape index (κ2) is 12.2. The van der Waals surface area contributed by atoms with Gasteiger partial charge in [0.1, 0.15) is 6.04 Å². The summed E-state index contributed by atoms with van der Waals surface area (Å²) in [6.07, 6.45) is 7.20. The van der Waals surface area contributed by atoms with Crippen LogP contribution in [0, 0.1) is 18.3 Å². The minimum atomic E-state index is -1.67. The van der Waals surface area contributed by atoms with Crippen LogP contribution in [0.4, 0.5) is 0 Å². The van der Waals surface area contributed by atoms with Crippen molar-refractivity contribution >= 4 is 18.9 Å². The highest BCUT2D eigenvalue weighted by Crippen LogP contribution is 2.08. The third kappa shape index (κ3) is 9.27. The molecule has 2 amide bonds. The highest BCUT2D eigenvalue weighted by atomic mass is 16.4. The molecule has 0 saturated carbocycles. The number of amides is 2. The average Bonchev–Trinajstić information content (AvgIpc) is 2.61. The molecule has 7 heteroatoms. The molecule has 1 rings (SSSR count). The number of carbonyl (C=O) groups is 2. The van der Waals surface area contributed by atoms with Gasteiger partial charge in [-0.1, -0.05) is 44.2 Å². The fourth-order valence-electron chi connectivity index (χ4n) is 2.72. The van der Waals surface area contributed by atoms with Crippen molar-refractivity contribution in [2.45, 2.75) is 57.9 Å². The summed E-state index contributed by atoms with van der Waals surface area (Å²) in [4.78, 5) is 24.9. The zero-order valence-corrected chi connectivity index (χ0v) is 16.0. The second-order valence-corrected chi connectivity index (χ2v) is 7.03. The first-order valence-electron chi connectivity index (χ1n) is 9.26. The number of benzene rings is 1. The van der Waals surface area contributed by atoms with Crippen LogP contribution < -0.4 is 10.6 Å². The zero-order chi connectivity index (χ0) is 20.2. The van der Waals surface area contributed by atoms with Crippen molar-refractivity contribution in [3.63, 3.8) is 0 Å². The van der Waals surface area contributed by atoms with E-state index in [1.165, 1.54) is 0 Å². The van der Waals surface area contributed by atoms with E-state index in [0.717, 1.165) is 5.56 Å². The molecule has 6 nitrogen and oxygen atoms in total. The van der Waals surface area contributed by atoms with Gasteiger partial charge < -0.3 is 20.7 Å². The van der Waals surface area contributed by atoms with Gasteiger partial charge in [0.15, 0.2) is 0 Å². The van der Waals surface area contributed by atoms with Crippen molar-refractivity contribution in [3.8, 4) is 12.3 Å². The van der Waals surface area contributed by atoms with E-state index in [1.54, 1.807) is 0 Å². The molecule has 2 atom stereocenters. The van der Waals surface area contributed by atoms with Gasteiger partial charge in [-0.3, -0.25) is 9.59 Å². The molecule has 0 fully saturated rings. The number of nitrogens with one attached hydrogen (secondary N) is 2. The first kappa shape index (κ1) is 22.7. The van der Waals surface area contributed by atoms with Gasteiger partial charge in [-0.2, -0.15) is 0 Å². The zero-order valence-electron chi connectivity index (χ0n) is 16.0. The van der Waals surface area contributed by atoms with Gasteiger partial charge in [-0.15, -0.1) is 12.3 Å². The average molecular weight is 372 g/mol. The summed E-state index contributed by atoms with van der Waals surface area (Å²) in [6, 6.07) is 8.53. The van der Waals surface area contributed by atoms with Crippen molar-refractivity contribution in [2.75, 3.05) is 0 Å². The van der Waals surface area contributed by atoms with Crippen molar-refractivity contribution in [1.82, 2.24) is 10.6 Å². The molecule has 0 bridgehead atoms. The van der Waals surface area contributed by atoms with Crippen LogP contribution in [-0.4, -0.2) is 41.0 Å². The van der Waals surface area contributed by atoms with Crippen LogP contribution >= 0.6 is 0 Å². The molecule has 0 saturated heterocycles. The third-order valence-electron chi connectivity index (χ3n) is 4.07. The Labute approximate surface area is 161 Å². The van der Waals surface area contributed by atoms with Crippen LogP contribution in [0.25, 0.3) is 0 Å². The monoisotopic (exact) mass is 372 g/mol. The molecule has 0 radical (unpaired) electrons. The minimum absolute atomic E-state index is 0.169. The Bertz CT molecular complexity index is 629. The Morgan fingerprint density at radius 1 is 1.19 bits per heavy atom. The largest absolute Gasteiger partial charge is 0.475 e. The Morgan fingerprint density at radius 3 is 2.41 bits per heavy atom. The molecule has 0 aromatic heterocycles. The van der Waals surface area contributed by atoms with Crippen molar-refractivity contribution in [1.29, 1.82) is 0 Å². The fourth-order valence-corrected chi connectivity index (χ4v) is 2.72. The van der Waals surface area contributed by atoms with Crippen LogP contribution in [-0.2, 0) is 16.0 Å². The van der Waals surface area contributed by atoms with E-state index in [9.17, 15) is 19.6 Å². The Balaban J connectivity index is 2.83. The van der Waals surface area contributed by atoms with E-state index in [1.807, 2.05) is 44.2 Å². The lowest BCUT2D eigenvalue weighted by Gasteiger charge is -2.24. The van der Waals surface area contributed by atoms with E-state index >= 15 is 0 Å². The summed E-state index contributed by atoms with van der Waals surface area (Å²) in [5, 5.41) is 24.5. The molecule has 146 valence electrons. The first-order chi connectivity index (χ1) is 12.8. The highest BCUT2D eigenvalue weighted by molar-refractivity contribution is 6.43. The van der Waals surface area contributed by atoms with Crippen molar-refractivity contribution in [2.24, 2.45) is 5.92 Å². The predicted molar refractivity (Wildman–Crippen MR) is 106 cm³/mol. The SMILES string of the molecule is C#CCCCC(=O)NC(Cc1ccccc1)C(=O)NC(CC(C)C)B(O)O. The first-order valence-corrected chi connectivity index (χ1v) is 9.26. The van der Waals surface area contributed by atoms with Crippen LogP contribution in [0.15, 0.2) is 30.3 Å². The van der Waals surface area contributed by atoms with E-state index in [4.69, 9.17) is 6.42 Å². The second-order valence-electron chi connectivity index (χ2n) is 7.03. The molecule has 1 aromatic carbocycles. The van der Waals surface area contributed by atoms with E-state index in [2.05, 4.69) is 16.6 Å². The summed E-state index contributed by atoms with van der Waals surface area (Å²) in [7, 11) is -1.67. The quantitative estimate of drug-likeness (QED) is 0.265. The van der Waals surface area contributed by atoms with E-state index in [0.29, 0.717) is 25.7 Å². The van der Waals surface area contributed by atoms with Crippen molar-refractivity contribution < 1.29 is 19.6 Å². The maximum Gasteiger partial charge on any atom is 0.475 e. The number of rotatable bonds is 11. The molecule has 27 heavy (non-hydrogen) atoms. The fraction of sp³-hybridized carbons (Fsp3) is 0.500. The summed E-state index contributed by atoms with van der Waals surface area (Å²) < 4.78 is 0. The summed E-state index contributed by atoms with van der Waals surface area (Å²) in [6.45, 7) is 3.85. The molecule has 0 heterocycles. The summed E-state index contributed by atoms with van der Waals surface area (Å²) >= 11 is 0. The number of hydrogen-bond acceptors (Lipinski definition) is 4. The van der Waals surface area contributed by atoms with Gasteiger partial charge in [-0.05, 0) is 24.3 Å². The standard InChI is InChI=1S/C20H29BN2O4/c1-4-5-7-12-19(24)22-17(14-16-10-8-6-9-11-16)20(25)23-18(21(26)27)13-15(2)3/h1,6,8-11,15,17-18,26-27H,5,7,12-14H2,2-3H3,(H,22,24)(H,23,25). The molecule has 0 aliphatic carbocycles. The lowest BCUT2D eigenvalue weighted by molar-refractivity contribution is -0.129. The Morgan fingerprint density at radius 2 is 1.85 bits per heavy atom. The van der Waals surface area contributed by atoms with E-state index < -0.39 is 25.0 Å². The number of hydrogen-bond donors (Lipinski definition) is 4. The van der Waals surface area contributed by atoms with Crippen LogP contribution in [0.2, 0.25) is 0 Å². The molecule has 0 aliphatic heterocycles. The van der Waals surface area contributed by atoms with Crippen molar-refractivity contribution in [3.05, 3.63) is 35.9 Å². The normalized spacial score (nSPS) is 12.7. The third-order valence-corrected chi connectivity index (χ3v) is 4.07. The Hall–Kier alpha value is -2.30. The molecule has 0 spiro atoms. The Kier molecular flexibility index (Phi) is 10.2. The minimum Gasteiger partial charge on any atom is -0.426 e. The highest BCUT2D eigenvalue weighted by Gasteiger charge is 2.29. The van der Waals surface area contributed by atoms with Gasteiger partial charge in [0.05, 0.1) is 5.94 Å². The van der Waals surface area contributed by atoms with Crippen LogP contribution in [0.5, 0.6) is 0 Å². The molecular formula is C20H29BN2O4. The predicted octanol–water partition coefficient (Wildman–Crippen LogP) is 1.06. The van der Waals surface area contributed by atoms with Gasteiger partial charge in [-0.25, -0.2) is 0 Å². The van der Waals surface area contributed by atoms with Gasteiger partial charge in [0, 0.05) is 19.3 Å². The van der Waals surface area contributed by atoms with Crippen LogP contribution in [0.1, 0.15) is 45.1 Å². The number of terminal acetylenes is 1. The summed E-state index contributed by atoms with van der Waals surface area (Å²) in [5.74, 6) is 1.15. The topological polar surface area (TPSA) is 98.7 Å².